The zero-order chi connectivity index (χ0) is 22.5. The minimum Gasteiger partial charge on any atom is -0.351 e. The Hall–Kier alpha value is -1.55. The molecular weight excluding hydrogens is 396 g/mol. The van der Waals surface area contributed by atoms with Crippen LogP contribution in [0.4, 0.5) is 0 Å². The molecule has 8 nitrogen and oxygen atoms in total. The first kappa shape index (κ1) is 27.5. The number of ether oxygens (including phenoxy) is 1. The van der Waals surface area contributed by atoms with Gasteiger partial charge in [0.05, 0.1) is 0 Å². The Morgan fingerprint density at radius 2 is 2.03 bits per heavy atom. The first-order valence-corrected chi connectivity index (χ1v) is 11.8. The van der Waals surface area contributed by atoms with Crippen LogP contribution in [0.15, 0.2) is 23.1 Å². The van der Waals surface area contributed by atoms with Crippen LogP contribution in [0.1, 0.15) is 52.0 Å². The standard InChI is InChI=1S/C12H17NO4S.C6H13NO2.C2H6/c1-10-4-6-13(11(15)8-10)7-5-12(2,9-14)18(3,16)17;1-7-9-6-4-2-3-5-8-6;1-2/h4,6,8-9H,5,7H2,1-3H3;6-7H,2-5H2,1H3;1-2H3. The van der Waals surface area contributed by atoms with Crippen molar-refractivity contribution in [1.29, 1.82) is 0 Å². The first-order chi connectivity index (χ1) is 13.6. The highest BCUT2D eigenvalue weighted by Crippen LogP contribution is 2.18. The number of carbonyl (C=O) groups is 1. The van der Waals surface area contributed by atoms with Crippen molar-refractivity contribution in [3.05, 3.63) is 34.2 Å². The highest BCUT2D eigenvalue weighted by molar-refractivity contribution is 7.92. The van der Waals surface area contributed by atoms with E-state index in [1.165, 1.54) is 30.4 Å². The maximum Gasteiger partial charge on any atom is 0.250 e. The monoisotopic (exact) mass is 432 g/mol. The summed E-state index contributed by atoms with van der Waals surface area (Å²) in [6.45, 7) is 8.21. The Balaban J connectivity index is 0.000000595. The van der Waals surface area contributed by atoms with Crippen LogP contribution in [0, 0.1) is 6.92 Å². The topological polar surface area (TPSA) is 104 Å². The average Bonchev–Trinajstić information content (AvgIpc) is 2.69. The van der Waals surface area contributed by atoms with E-state index in [9.17, 15) is 18.0 Å². The summed E-state index contributed by atoms with van der Waals surface area (Å²) in [4.78, 5) is 27.6. The lowest BCUT2D eigenvalue weighted by molar-refractivity contribution is -0.191. The van der Waals surface area contributed by atoms with E-state index in [1.54, 1.807) is 26.2 Å². The van der Waals surface area contributed by atoms with Crippen LogP contribution in [-0.4, -0.2) is 50.2 Å². The summed E-state index contributed by atoms with van der Waals surface area (Å²) in [6.07, 6.45) is 6.53. The second-order valence-electron chi connectivity index (χ2n) is 6.81. The molecule has 0 amide bonds. The zero-order valence-electron chi connectivity index (χ0n) is 18.4. The van der Waals surface area contributed by atoms with Gasteiger partial charge in [0, 0.05) is 45.1 Å². The number of nitrogens with one attached hydrogen (secondary N) is 1. The molecule has 2 atom stereocenters. The molecule has 29 heavy (non-hydrogen) atoms. The molecule has 1 fully saturated rings. The van der Waals surface area contributed by atoms with Gasteiger partial charge in [0.2, 0.25) is 0 Å². The molecule has 0 aromatic carbocycles. The average molecular weight is 433 g/mol. The van der Waals surface area contributed by atoms with E-state index in [0.717, 1.165) is 24.8 Å². The van der Waals surface area contributed by atoms with Crippen molar-refractivity contribution in [1.82, 2.24) is 10.0 Å². The summed E-state index contributed by atoms with van der Waals surface area (Å²) < 4.78 is 28.2. The molecule has 9 heteroatoms. The molecule has 0 radical (unpaired) electrons. The molecule has 0 aliphatic carbocycles. The van der Waals surface area contributed by atoms with E-state index in [-0.39, 0.29) is 24.8 Å². The van der Waals surface area contributed by atoms with Crippen molar-refractivity contribution in [2.45, 2.75) is 71.0 Å². The van der Waals surface area contributed by atoms with Gasteiger partial charge in [0.1, 0.15) is 11.0 Å². The maximum absolute atomic E-state index is 11.6. The third-order valence-corrected chi connectivity index (χ3v) is 6.48. The molecule has 1 aliphatic rings. The number of hydroxylamine groups is 1. The molecule has 1 aliphatic heterocycles. The zero-order valence-corrected chi connectivity index (χ0v) is 19.3. The van der Waals surface area contributed by atoms with E-state index >= 15 is 0 Å². The van der Waals surface area contributed by atoms with E-state index < -0.39 is 14.6 Å². The molecule has 0 saturated carbocycles. The van der Waals surface area contributed by atoms with Gasteiger partial charge in [0.15, 0.2) is 16.1 Å². The van der Waals surface area contributed by atoms with Gasteiger partial charge in [0.25, 0.3) is 5.56 Å². The van der Waals surface area contributed by atoms with E-state index in [1.807, 2.05) is 13.8 Å². The van der Waals surface area contributed by atoms with Crippen LogP contribution in [0.5, 0.6) is 0 Å². The molecule has 2 unspecified atom stereocenters. The maximum atomic E-state index is 11.6. The molecule has 2 heterocycles. The van der Waals surface area contributed by atoms with Gasteiger partial charge >= 0.3 is 0 Å². The number of aldehydes is 1. The van der Waals surface area contributed by atoms with E-state index in [0.29, 0.717) is 6.29 Å². The minimum atomic E-state index is -3.49. The van der Waals surface area contributed by atoms with E-state index in [2.05, 4.69) is 5.48 Å². The van der Waals surface area contributed by atoms with Crippen LogP contribution in [0.2, 0.25) is 0 Å². The predicted octanol–water partition coefficient (Wildman–Crippen LogP) is 2.24. The largest absolute Gasteiger partial charge is 0.351 e. The fraction of sp³-hybridized carbons (Fsp3) is 0.700. The summed E-state index contributed by atoms with van der Waals surface area (Å²) in [6, 6.07) is 3.23. The van der Waals surface area contributed by atoms with Gasteiger partial charge in [-0.15, -0.1) is 0 Å². The third-order valence-electron chi connectivity index (χ3n) is 4.48. The predicted molar refractivity (Wildman–Crippen MR) is 114 cm³/mol. The molecule has 0 bridgehead atoms. The smallest absolute Gasteiger partial charge is 0.250 e. The fourth-order valence-corrected chi connectivity index (χ4v) is 3.04. The lowest BCUT2D eigenvalue weighted by Gasteiger charge is -2.21. The number of hydrogen-bond donors (Lipinski definition) is 1. The number of aryl methyl sites for hydroxylation is 2. The van der Waals surface area contributed by atoms with Gasteiger partial charge in [-0.1, -0.05) is 13.8 Å². The number of rotatable bonds is 7. The van der Waals surface area contributed by atoms with Crippen molar-refractivity contribution in [2.24, 2.45) is 0 Å². The molecule has 1 saturated heterocycles. The van der Waals surface area contributed by atoms with Crippen molar-refractivity contribution < 1.29 is 22.8 Å². The normalized spacial score (nSPS) is 18.3. The van der Waals surface area contributed by atoms with Gasteiger partial charge in [-0.2, -0.15) is 0 Å². The number of sulfone groups is 1. The summed E-state index contributed by atoms with van der Waals surface area (Å²) in [5, 5.41) is 0. The van der Waals surface area contributed by atoms with Gasteiger partial charge in [-0.25, -0.2) is 13.9 Å². The molecule has 1 aromatic rings. The number of nitrogens with zero attached hydrogens (tertiary/aromatic N) is 1. The van der Waals surface area contributed by atoms with Crippen molar-refractivity contribution in [3.8, 4) is 0 Å². The quantitative estimate of drug-likeness (QED) is 0.520. The summed E-state index contributed by atoms with van der Waals surface area (Å²) in [5.41, 5.74) is 3.26. The van der Waals surface area contributed by atoms with Crippen molar-refractivity contribution in [2.75, 3.05) is 19.9 Å². The van der Waals surface area contributed by atoms with Gasteiger partial charge in [-0.3, -0.25) is 9.63 Å². The Labute approximate surface area is 174 Å². The van der Waals surface area contributed by atoms with Gasteiger partial charge in [-0.05, 0) is 44.7 Å². The second-order valence-corrected chi connectivity index (χ2v) is 9.28. The summed E-state index contributed by atoms with van der Waals surface area (Å²) in [5.74, 6) is 0. The SMILES string of the molecule is CC.CNOC1CCCCO1.Cc1ccn(CCC(C)(C=O)S(C)(=O)=O)c(=O)c1. The van der Waals surface area contributed by atoms with Crippen molar-refractivity contribution in [3.63, 3.8) is 0 Å². The Bertz CT molecular complexity index is 754. The lowest BCUT2D eigenvalue weighted by atomic mass is 10.1. The van der Waals surface area contributed by atoms with Crippen LogP contribution >= 0.6 is 0 Å². The van der Waals surface area contributed by atoms with Crippen LogP contribution < -0.4 is 11.0 Å². The van der Waals surface area contributed by atoms with Crippen molar-refractivity contribution >= 4 is 16.1 Å². The first-order valence-electron chi connectivity index (χ1n) is 9.90. The molecule has 1 N–H and O–H groups in total. The Morgan fingerprint density at radius 3 is 2.48 bits per heavy atom. The molecule has 168 valence electrons. The van der Waals surface area contributed by atoms with Crippen LogP contribution in [0.3, 0.4) is 0 Å². The van der Waals surface area contributed by atoms with E-state index in [4.69, 9.17) is 9.57 Å². The lowest BCUT2D eigenvalue weighted by Crippen LogP contribution is -2.38. The Kier molecular flexibility index (Phi) is 12.9. The van der Waals surface area contributed by atoms with Crippen LogP contribution in [0.25, 0.3) is 0 Å². The Morgan fingerprint density at radius 1 is 1.38 bits per heavy atom. The highest BCUT2D eigenvalue weighted by Gasteiger charge is 2.35. The third kappa shape index (κ3) is 9.66. The minimum absolute atomic E-state index is 0.0104. The molecule has 0 spiro atoms. The highest BCUT2D eigenvalue weighted by atomic mass is 32.2. The number of carbonyl (C=O) groups excluding carboxylic acids is 1. The van der Waals surface area contributed by atoms with Crippen LogP contribution in [-0.2, 0) is 30.8 Å². The summed E-state index contributed by atoms with van der Waals surface area (Å²) in [7, 11) is -1.74. The second kappa shape index (κ2) is 13.6. The number of aromatic nitrogens is 1. The number of pyridine rings is 1. The summed E-state index contributed by atoms with van der Waals surface area (Å²) >= 11 is 0. The fourth-order valence-electron chi connectivity index (χ4n) is 2.40. The number of hydrogen-bond acceptors (Lipinski definition) is 7. The molecule has 1 aromatic heterocycles. The molecule has 2 rings (SSSR count). The molecular formula is C20H36N2O6S. The van der Waals surface area contributed by atoms with Gasteiger partial charge < -0.3 is 14.1 Å².